The van der Waals surface area contributed by atoms with Gasteiger partial charge in [0.05, 0.1) is 13.7 Å². The number of piperazine rings is 1. The Labute approximate surface area is 131 Å². The molecule has 0 amide bonds. The predicted octanol–water partition coefficient (Wildman–Crippen LogP) is 1.75. The SMILES string of the molecule is COc1cccc2c(N3CCN(CCO)C(C)C3)ccnc12. The van der Waals surface area contributed by atoms with E-state index < -0.39 is 0 Å². The molecule has 1 unspecified atom stereocenters. The zero-order valence-electron chi connectivity index (χ0n) is 13.2. The normalized spacial score (nSPS) is 19.6. The topological polar surface area (TPSA) is 48.8 Å². The summed E-state index contributed by atoms with van der Waals surface area (Å²) in [5, 5.41) is 10.3. The van der Waals surface area contributed by atoms with Gasteiger partial charge in [-0.15, -0.1) is 0 Å². The summed E-state index contributed by atoms with van der Waals surface area (Å²) in [7, 11) is 1.68. The van der Waals surface area contributed by atoms with Crippen LogP contribution in [0.1, 0.15) is 6.92 Å². The first-order valence-electron chi connectivity index (χ1n) is 7.76. The molecule has 2 heterocycles. The highest BCUT2D eigenvalue weighted by Gasteiger charge is 2.24. The van der Waals surface area contributed by atoms with Crippen molar-refractivity contribution in [3.05, 3.63) is 30.5 Å². The van der Waals surface area contributed by atoms with E-state index in [1.807, 2.05) is 18.3 Å². The van der Waals surface area contributed by atoms with Crippen LogP contribution in [-0.4, -0.2) is 60.9 Å². The number of anilines is 1. The fourth-order valence-electron chi connectivity index (χ4n) is 3.25. The van der Waals surface area contributed by atoms with Crippen LogP contribution in [0, 0.1) is 0 Å². The van der Waals surface area contributed by atoms with Crippen LogP contribution in [0.3, 0.4) is 0 Å². The van der Waals surface area contributed by atoms with E-state index in [4.69, 9.17) is 9.84 Å². The van der Waals surface area contributed by atoms with Crippen molar-refractivity contribution < 1.29 is 9.84 Å². The van der Waals surface area contributed by atoms with E-state index in [0.717, 1.165) is 42.8 Å². The number of β-amino-alcohol motifs (C(OH)–C–C–N with tert-alkyl or cyclic N) is 1. The molecular weight excluding hydrogens is 278 g/mol. The number of pyridine rings is 1. The molecule has 3 rings (SSSR count). The maximum Gasteiger partial charge on any atom is 0.145 e. The minimum absolute atomic E-state index is 0.222. The molecule has 5 nitrogen and oxygen atoms in total. The second-order valence-electron chi connectivity index (χ2n) is 5.74. The van der Waals surface area contributed by atoms with E-state index in [2.05, 4.69) is 33.8 Å². The zero-order valence-corrected chi connectivity index (χ0v) is 13.2. The average molecular weight is 301 g/mol. The van der Waals surface area contributed by atoms with Gasteiger partial charge in [0.1, 0.15) is 11.3 Å². The molecule has 0 bridgehead atoms. The fraction of sp³-hybridized carbons (Fsp3) is 0.471. The summed E-state index contributed by atoms with van der Waals surface area (Å²) in [5.41, 5.74) is 2.12. The Kier molecular flexibility index (Phi) is 4.45. The van der Waals surface area contributed by atoms with Gasteiger partial charge < -0.3 is 14.7 Å². The molecule has 1 atom stereocenters. The Morgan fingerprint density at radius 1 is 1.32 bits per heavy atom. The van der Waals surface area contributed by atoms with Crippen LogP contribution >= 0.6 is 0 Å². The van der Waals surface area contributed by atoms with Crippen LogP contribution in [-0.2, 0) is 0 Å². The Balaban J connectivity index is 1.91. The van der Waals surface area contributed by atoms with Crippen LogP contribution in [0.25, 0.3) is 10.9 Å². The highest BCUT2D eigenvalue weighted by atomic mass is 16.5. The van der Waals surface area contributed by atoms with Gasteiger partial charge in [0.15, 0.2) is 0 Å². The number of para-hydroxylation sites is 1. The Morgan fingerprint density at radius 3 is 2.91 bits per heavy atom. The van der Waals surface area contributed by atoms with E-state index in [1.54, 1.807) is 7.11 Å². The minimum Gasteiger partial charge on any atom is -0.494 e. The number of aliphatic hydroxyl groups excluding tert-OH is 1. The lowest BCUT2D eigenvalue weighted by Crippen LogP contribution is -2.52. The van der Waals surface area contributed by atoms with Crippen molar-refractivity contribution in [3.63, 3.8) is 0 Å². The standard InChI is InChI=1S/C17H23N3O2/c1-13-12-20(9-8-19(13)10-11-21)15-6-7-18-17-14(15)4-3-5-16(17)22-2/h3-7,13,21H,8-12H2,1-2H3. The van der Waals surface area contributed by atoms with Crippen LogP contribution in [0.5, 0.6) is 5.75 Å². The Bertz CT molecular complexity index is 647. The number of benzene rings is 1. The molecule has 1 aromatic heterocycles. The second-order valence-corrected chi connectivity index (χ2v) is 5.74. The molecule has 1 aliphatic heterocycles. The van der Waals surface area contributed by atoms with E-state index in [1.165, 1.54) is 5.69 Å². The molecule has 1 aromatic carbocycles. The molecule has 0 radical (unpaired) electrons. The quantitative estimate of drug-likeness (QED) is 0.932. The van der Waals surface area contributed by atoms with Crippen LogP contribution in [0.4, 0.5) is 5.69 Å². The van der Waals surface area contributed by atoms with Crippen molar-refractivity contribution in [3.8, 4) is 5.75 Å². The zero-order chi connectivity index (χ0) is 15.5. The van der Waals surface area contributed by atoms with Crippen LogP contribution in [0.2, 0.25) is 0 Å². The number of aromatic nitrogens is 1. The minimum atomic E-state index is 0.222. The summed E-state index contributed by atoms with van der Waals surface area (Å²) in [6, 6.07) is 8.56. The third-order valence-electron chi connectivity index (χ3n) is 4.42. The monoisotopic (exact) mass is 301 g/mol. The lowest BCUT2D eigenvalue weighted by molar-refractivity contribution is 0.146. The molecule has 1 saturated heterocycles. The maximum absolute atomic E-state index is 9.14. The highest BCUT2D eigenvalue weighted by molar-refractivity contribution is 5.95. The maximum atomic E-state index is 9.14. The predicted molar refractivity (Wildman–Crippen MR) is 88.6 cm³/mol. The molecule has 1 fully saturated rings. The number of hydrogen-bond donors (Lipinski definition) is 1. The molecule has 22 heavy (non-hydrogen) atoms. The number of aliphatic hydroxyl groups is 1. The summed E-state index contributed by atoms with van der Waals surface area (Å²) in [6.07, 6.45) is 1.85. The third kappa shape index (κ3) is 2.74. The lowest BCUT2D eigenvalue weighted by atomic mass is 10.1. The Hall–Kier alpha value is -1.85. The van der Waals surface area contributed by atoms with Gasteiger partial charge in [0.2, 0.25) is 0 Å². The number of methoxy groups -OCH3 is 1. The van der Waals surface area contributed by atoms with Gasteiger partial charge in [-0.3, -0.25) is 9.88 Å². The number of nitrogens with zero attached hydrogens (tertiary/aromatic N) is 3. The molecule has 0 aliphatic carbocycles. The van der Waals surface area contributed by atoms with Crippen LogP contribution in [0.15, 0.2) is 30.5 Å². The average Bonchev–Trinajstić information content (AvgIpc) is 2.55. The van der Waals surface area contributed by atoms with E-state index >= 15 is 0 Å². The van der Waals surface area contributed by atoms with E-state index in [0.29, 0.717) is 6.04 Å². The molecule has 2 aromatic rings. The van der Waals surface area contributed by atoms with Gasteiger partial charge in [-0.05, 0) is 19.1 Å². The molecule has 0 saturated carbocycles. The number of hydrogen-bond acceptors (Lipinski definition) is 5. The molecule has 0 spiro atoms. The van der Waals surface area contributed by atoms with Crippen molar-refractivity contribution in [2.45, 2.75) is 13.0 Å². The fourth-order valence-corrected chi connectivity index (χ4v) is 3.25. The van der Waals surface area contributed by atoms with E-state index in [9.17, 15) is 0 Å². The second kappa shape index (κ2) is 6.50. The number of fused-ring (bicyclic) bond motifs is 1. The van der Waals surface area contributed by atoms with Crippen molar-refractivity contribution in [2.75, 3.05) is 44.8 Å². The summed E-state index contributed by atoms with van der Waals surface area (Å²) in [4.78, 5) is 9.21. The third-order valence-corrected chi connectivity index (χ3v) is 4.42. The van der Waals surface area contributed by atoms with Gasteiger partial charge in [0, 0.05) is 49.5 Å². The number of ether oxygens (including phenoxy) is 1. The molecule has 5 heteroatoms. The largest absolute Gasteiger partial charge is 0.494 e. The first kappa shape index (κ1) is 15.1. The van der Waals surface area contributed by atoms with Gasteiger partial charge in [-0.2, -0.15) is 0 Å². The van der Waals surface area contributed by atoms with Crippen molar-refractivity contribution in [1.29, 1.82) is 0 Å². The van der Waals surface area contributed by atoms with Gasteiger partial charge >= 0.3 is 0 Å². The van der Waals surface area contributed by atoms with E-state index in [-0.39, 0.29) is 6.61 Å². The van der Waals surface area contributed by atoms with Gasteiger partial charge in [-0.25, -0.2) is 0 Å². The smallest absolute Gasteiger partial charge is 0.145 e. The molecule has 118 valence electrons. The molecule has 1 N–H and O–H groups in total. The van der Waals surface area contributed by atoms with Crippen molar-refractivity contribution >= 4 is 16.6 Å². The Morgan fingerprint density at radius 2 is 2.18 bits per heavy atom. The summed E-state index contributed by atoms with van der Waals surface area (Å²) in [5.74, 6) is 0.811. The summed E-state index contributed by atoms with van der Waals surface area (Å²) < 4.78 is 5.42. The lowest BCUT2D eigenvalue weighted by Gasteiger charge is -2.41. The first-order valence-corrected chi connectivity index (χ1v) is 7.76. The van der Waals surface area contributed by atoms with Crippen molar-refractivity contribution in [1.82, 2.24) is 9.88 Å². The number of rotatable bonds is 4. The van der Waals surface area contributed by atoms with Crippen molar-refractivity contribution in [2.24, 2.45) is 0 Å². The first-order chi connectivity index (χ1) is 10.7. The van der Waals surface area contributed by atoms with Gasteiger partial charge in [0.25, 0.3) is 0 Å². The van der Waals surface area contributed by atoms with Crippen LogP contribution < -0.4 is 9.64 Å². The molecular formula is C17H23N3O2. The van der Waals surface area contributed by atoms with Gasteiger partial charge in [-0.1, -0.05) is 12.1 Å². The highest BCUT2D eigenvalue weighted by Crippen LogP contribution is 2.31. The summed E-state index contributed by atoms with van der Waals surface area (Å²) >= 11 is 0. The molecule has 1 aliphatic rings. The summed E-state index contributed by atoms with van der Waals surface area (Å²) in [6.45, 7) is 6.07.